The van der Waals surface area contributed by atoms with Gasteiger partial charge >= 0.3 is 0 Å². The minimum absolute atomic E-state index is 0.0591. The molecule has 2 rings (SSSR count). The Hall–Kier alpha value is -1.94. The summed E-state index contributed by atoms with van der Waals surface area (Å²) in [5, 5.41) is 3.04. The van der Waals surface area contributed by atoms with Gasteiger partial charge in [-0.15, -0.1) is 0 Å². The van der Waals surface area contributed by atoms with Crippen LogP contribution in [0.3, 0.4) is 0 Å². The van der Waals surface area contributed by atoms with E-state index in [0.29, 0.717) is 18.0 Å². The molecule has 0 saturated heterocycles. The highest BCUT2D eigenvalue weighted by Gasteiger charge is 2.03. The van der Waals surface area contributed by atoms with Crippen LogP contribution < -0.4 is 10.7 Å². The van der Waals surface area contributed by atoms with Crippen molar-refractivity contribution in [2.24, 2.45) is 0 Å². The van der Waals surface area contributed by atoms with E-state index in [-0.39, 0.29) is 5.43 Å². The van der Waals surface area contributed by atoms with Crippen LogP contribution in [0, 0.1) is 6.92 Å². The number of nitrogens with one attached hydrogen (secondary N) is 1. The van der Waals surface area contributed by atoms with Crippen molar-refractivity contribution in [3.8, 4) is 0 Å². The molecule has 0 bridgehead atoms. The van der Waals surface area contributed by atoms with Crippen LogP contribution in [0.2, 0.25) is 0 Å². The van der Waals surface area contributed by atoms with Crippen molar-refractivity contribution in [1.82, 2.24) is 0 Å². The van der Waals surface area contributed by atoms with Crippen LogP contribution in [-0.4, -0.2) is 16.5 Å². The molecule has 1 N–H and O–H groups in total. The molecule has 0 heterocycles. The fraction of sp³-hybridized carbons (Fsp3) is 0.188. The third-order valence-electron chi connectivity index (χ3n) is 2.88. The second-order valence-corrected chi connectivity index (χ2v) is 6.05. The molecule has 20 heavy (non-hydrogen) atoms. The van der Waals surface area contributed by atoms with E-state index < -0.39 is 10.8 Å². The molecular formula is C16H17NO2S. The van der Waals surface area contributed by atoms with Crippen molar-refractivity contribution in [3.05, 3.63) is 70.4 Å². The van der Waals surface area contributed by atoms with Gasteiger partial charge in [0, 0.05) is 17.2 Å². The summed E-state index contributed by atoms with van der Waals surface area (Å²) in [4.78, 5) is 12.5. The predicted molar refractivity (Wildman–Crippen MR) is 83.7 cm³/mol. The first-order valence-corrected chi connectivity index (χ1v) is 7.77. The molecule has 1 unspecified atom stereocenters. The zero-order chi connectivity index (χ0) is 14.4. The molecule has 0 spiro atoms. The van der Waals surface area contributed by atoms with Crippen molar-refractivity contribution in [2.75, 3.05) is 17.6 Å². The van der Waals surface area contributed by atoms with E-state index in [9.17, 15) is 9.00 Å². The lowest BCUT2D eigenvalue weighted by atomic mass is 10.2. The molecule has 4 heteroatoms. The zero-order valence-electron chi connectivity index (χ0n) is 11.3. The van der Waals surface area contributed by atoms with Gasteiger partial charge in [-0.25, -0.2) is 0 Å². The second kappa shape index (κ2) is 7.01. The third-order valence-corrected chi connectivity index (χ3v) is 4.26. The second-order valence-electron chi connectivity index (χ2n) is 4.48. The molecular weight excluding hydrogens is 270 g/mol. The third kappa shape index (κ3) is 4.03. The highest BCUT2D eigenvalue weighted by atomic mass is 32.2. The summed E-state index contributed by atoms with van der Waals surface area (Å²) in [5.74, 6) is 0.473. The van der Waals surface area contributed by atoms with Gasteiger partial charge in [-0.05, 0) is 31.2 Å². The van der Waals surface area contributed by atoms with E-state index >= 15 is 0 Å². The number of anilines is 1. The first-order valence-electron chi connectivity index (χ1n) is 6.45. The van der Waals surface area contributed by atoms with Crippen LogP contribution in [0.25, 0.3) is 0 Å². The Morgan fingerprint density at radius 3 is 2.45 bits per heavy atom. The summed E-state index contributed by atoms with van der Waals surface area (Å²) in [6, 6.07) is 16.2. The Bertz CT molecular complexity index is 653. The van der Waals surface area contributed by atoms with Crippen LogP contribution >= 0.6 is 0 Å². The number of aryl methyl sites for hydroxylation is 1. The molecule has 0 fully saturated rings. The van der Waals surface area contributed by atoms with Gasteiger partial charge in [-0.1, -0.05) is 35.9 Å². The monoisotopic (exact) mass is 287 g/mol. The topological polar surface area (TPSA) is 46.2 Å². The van der Waals surface area contributed by atoms with Gasteiger partial charge in [-0.2, -0.15) is 0 Å². The molecule has 104 valence electrons. The molecule has 2 aromatic carbocycles. The number of benzene rings is 1. The van der Waals surface area contributed by atoms with E-state index in [1.54, 1.807) is 24.3 Å². The Balaban J connectivity index is 1.93. The molecule has 0 radical (unpaired) electrons. The minimum Gasteiger partial charge on any atom is -0.381 e. The normalized spacial score (nSPS) is 11.8. The van der Waals surface area contributed by atoms with Gasteiger partial charge in [0.15, 0.2) is 0 Å². The van der Waals surface area contributed by atoms with Crippen molar-refractivity contribution in [2.45, 2.75) is 11.8 Å². The number of hydrogen-bond acceptors (Lipinski definition) is 3. The Morgan fingerprint density at radius 1 is 1.00 bits per heavy atom. The van der Waals surface area contributed by atoms with Crippen LogP contribution in [-0.2, 0) is 10.8 Å². The summed E-state index contributed by atoms with van der Waals surface area (Å²) in [6.45, 7) is 2.50. The largest absolute Gasteiger partial charge is 0.381 e. The molecule has 0 saturated carbocycles. The van der Waals surface area contributed by atoms with E-state index in [1.807, 2.05) is 31.2 Å². The van der Waals surface area contributed by atoms with Crippen LogP contribution in [0.15, 0.2) is 64.3 Å². The lowest BCUT2D eigenvalue weighted by Gasteiger charge is -2.05. The Morgan fingerprint density at radius 2 is 1.70 bits per heavy atom. The van der Waals surface area contributed by atoms with Crippen molar-refractivity contribution in [1.29, 1.82) is 0 Å². The predicted octanol–water partition coefficient (Wildman–Crippen LogP) is 2.57. The molecule has 1 atom stereocenters. The lowest BCUT2D eigenvalue weighted by molar-refractivity contribution is 0.683. The zero-order valence-corrected chi connectivity index (χ0v) is 12.2. The van der Waals surface area contributed by atoms with Crippen molar-refractivity contribution in [3.63, 3.8) is 0 Å². The summed E-state index contributed by atoms with van der Waals surface area (Å²) in [7, 11) is -1.05. The maximum Gasteiger partial charge on any atom is 0.201 e. The van der Waals surface area contributed by atoms with Crippen molar-refractivity contribution < 1.29 is 4.21 Å². The van der Waals surface area contributed by atoms with Gasteiger partial charge in [0.25, 0.3) is 0 Å². The van der Waals surface area contributed by atoms with Gasteiger partial charge in [0.2, 0.25) is 5.43 Å². The highest BCUT2D eigenvalue weighted by molar-refractivity contribution is 7.85. The SMILES string of the molecule is Cc1ccc(S(=O)CCNc2cccccc2=O)cc1. The average molecular weight is 287 g/mol. The number of hydrogen-bond donors (Lipinski definition) is 1. The molecule has 3 nitrogen and oxygen atoms in total. The first-order chi connectivity index (χ1) is 9.66. The van der Waals surface area contributed by atoms with E-state index in [4.69, 9.17) is 0 Å². The summed E-state index contributed by atoms with van der Waals surface area (Å²) in [6.07, 6.45) is 0. The summed E-state index contributed by atoms with van der Waals surface area (Å²) >= 11 is 0. The molecule has 0 aromatic heterocycles. The van der Waals surface area contributed by atoms with Crippen LogP contribution in [0.1, 0.15) is 5.56 Å². The van der Waals surface area contributed by atoms with Gasteiger partial charge in [0.05, 0.1) is 16.5 Å². The Labute approximate surface area is 121 Å². The number of rotatable bonds is 5. The molecule has 2 aromatic rings. The summed E-state index contributed by atoms with van der Waals surface area (Å²) in [5.41, 5.74) is 1.63. The highest BCUT2D eigenvalue weighted by Crippen LogP contribution is 2.08. The lowest BCUT2D eigenvalue weighted by Crippen LogP contribution is -2.15. The van der Waals surface area contributed by atoms with Crippen molar-refractivity contribution >= 4 is 16.5 Å². The van der Waals surface area contributed by atoms with E-state index in [0.717, 1.165) is 10.5 Å². The first kappa shape index (κ1) is 14.5. The minimum atomic E-state index is -1.05. The average Bonchev–Trinajstić information content (AvgIpc) is 2.65. The quantitative estimate of drug-likeness (QED) is 0.919. The van der Waals surface area contributed by atoms with Crippen LogP contribution in [0.5, 0.6) is 0 Å². The standard InChI is InChI=1S/C16H17NO2S/c1-13-7-9-14(10-8-13)20(19)12-11-17-15-5-3-2-4-6-16(15)18/h2-10H,11-12H2,1H3,(H,17,18). The maximum atomic E-state index is 12.1. The van der Waals surface area contributed by atoms with Gasteiger partial charge in [-0.3, -0.25) is 9.00 Å². The van der Waals surface area contributed by atoms with E-state index in [1.165, 1.54) is 6.07 Å². The fourth-order valence-electron chi connectivity index (χ4n) is 1.76. The molecule has 0 amide bonds. The fourth-order valence-corrected chi connectivity index (χ4v) is 2.73. The van der Waals surface area contributed by atoms with E-state index in [2.05, 4.69) is 5.32 Å². The Kier molecular flexibility index (Phi) is 5.07. The summed E-state index contributed by atoms with van der Waals surface area (Å²) < 4.78 is 12.1. The molecule has 0 aliphatic rings. The van der Waals surface area contributed by atoms with Gasteiger partial charge in [0.1, 0.15) is 0 Å². The maximum absolute atomic E-state index is 12.1. The molecule has 0 aliphatic heterocycles. The molecule has 0 aliphatic carbocycles. The van der Waals surface area contributed by atoms with Crippen LogP contribution in [0.4, 0.5) is 5.69 Å². The van der Waals surface area contributed by atoms with Gasteiger partial charge < -0.3 is 5.32 Å². The smallest absolute Gasteiger partial charge is 0.201 e.